The van der Waals surface area contributed by atoms with Crippen LogP contribution in [0.25, 0.3) is 0 Å². The van der Waals surface area contributed by atoms with Crippen molar-refractivity contribution in [3.05, 3.63) is 0 Å². The minimum atomic E-state index is 0.118. The van der Waals surface area contributed by atoms with Gasteiger partial charge in [-0.2, -0.15) is 0 Å². The molecule has 0 aromatic carbocycles. The zero-order chi connectivity index (χ0) is 10.1. The third-order valence-electron chi connectivity index (χ3n) is 4.60. The quantitative estimate of drug-likeness (QED) is 0.712. The molecule has 0 radical (unpaired) electrons. The largest absolute Gasteiger partial charge is 0.353 e. The lowest BCUT2D eigenvalue weighted by Crippen LogP contribution is -2.29. The molecule has 2 saturated carbocycles. The lowest BCUT2D eigenvalue weighted by molar-refractivity contribution is -0.178. The van der Waals surface area contributed by atoms with E-state index in [2.05, 4.69) is 0 Å². The van der Waals surface area contributed by atoms with Gasteiger partial charge in [-0.15, -0.1) is 0 Å². The van der Waals surface area contributed by atoms with Gasteiger partial charge in [-0.3, -0.25) is 0 Å². The van der Waals surface area contributed by atoms with Gasteiger partial charge in [0.1, 0.15) is 0 Å². The molecule has 0 aromatic rings. The van der Waals surface area contributed by atoms with Gasteiger partial charge in [0.2, 0.25) is 0 Å². The van der Waals surface area contributed by atoms with Gasteiger partial charge in [0.25, 0.3) is 0 Å². The van der Waals surface area contributed by atoms with Crippen LogP contribution in [0.4, 0.5) is 0 Å². The SMILES string of the molecule is C1CCC(OCC23CCC(CC2)C3)OC1. The maximum atomic E-state index is 5.97. The van der Waals surface area contributed by atoms with Crippen LogP contribution in [0.5, 0.6) is 0 Å². The average Bonchev–Trinajstić information content (AvgIpc) is 2.89. The van der Waals surface area contributed by atoms with Crippen LogP contribution >= 0.6 is 0 Å². The molecule has 15 heavy (non-hydrogen) atoms. The normalized spacial score (nSPS) is 44.8. The van der Waals surface area contributed by atoms with E-state index in [1.54, 1.807) is 0 Å². The molecule has 0 aromatic heterocycles. The fourth-order valence-electron chi connectivity index (χ4n) is 3.63. The molecule has 1 atom stereocenters. The van der Waals surface area contributed by atoms with Gasteiger partial charge in [0.05, 0.1) is 6.61 Å². The summed E-state index contributed by atoms with van der Waals surface area (Å²) in [6.07, 6.45) is 10.9. The zero-order valence-corrected chi connectivity index (χ0v) is 9.54. The Balaban J connectivity index is 1.48. The highest BCUT2D eigenvalue weighted by Crippen LogP contribution is 2.54. The first-order valence-electron chi connectivity index (χ1n) is 6.60. The molecule has 3 aliphatic rings. The smallest absolute Gasteiger partial charge is 0.157 e. The molecule has 2 aliphatic carbocycles. The molecule has 0 amide bonds. The number of hydrogen-bond acceptors (Lipinski definition) is 2. The average molecular weight is 210 g/mol. The molecule has 86 valence electrons. The first-order chi connectivity index (χ1) is 7.36. The summed E-state index contributed by atoms with van der Waals surface area (Å²) in [6.45, 7) is 1.87. The summed E-state index contributed by atoms with van der Waals surface area (Å²) in [5, 5.41) is 0. The fourth-order valence-corrected chi connectivity index (χ4v) is 3.63. The van der Waals surface area contributed by atoms with E-state index in [-0.39, 0.29) is 6.29 Å². The Morgan fingerprint density at radius 3 is 2.60 bits per heavy atom. The highest BCUT2D eigenvalue weighted by atomic mass is 16.7. The maximum absolute atomic E-state index is 5.97. The molecule has 1 unspecified atom stereocenters. The lowest BCUT2D eigenvalue weighted by Gasteiger charge is -2.30. The number of rotatable bonds is 3. The highest BCUT2D eigenvalue weighted by molar-refractivity contribution is 4.95. The summed E-state index contributed by atoms with van der Waals surface area (Å²) in [6, 6.07) is 0. The third-order valence-corrected chi connectivity index (χ3v) is 4.60. The molecular weight excluding hydrogens is 188 g/mol. The van der Waals surface area contributed by atoms with Crippen molar-refractivity contribution in [2.45, 2.75) is 57.7 Å². The van der Waals surface area contributed by atoms with Gasteiger partial charge in [-0.1, -0.05) is 0 Å². The van der Waals surface area contributed by atoms with Crippen LogP contribution in [0.2, 0.25) is 0 Å². The molecule has 0 N–H and O–H groups in total. The highest BCUT2D eigenvalue weighted by Gasteiger charge is 2.45. The molecule has 3 fully saturated rings. The van der Waals surface area contributed by atoms with Crippen LogP contribution in [0.15, 0.2) is 0 Å². The fraction of sp³-hybridized carbons (Fsp3) is 1.00. The summed E-state index contributed by atoms with van der Waals surface area (Å²) in [4.78, 5) is 0. The Labute approximate surface area is 92.3 Å². The van der Waals surface area contributed by atoms with E-state index in [9.17, 15) is 0 Å². The van der Waals surface area contributed by atoms with Crippen LogP contribution in [-0.2, 0) is 9.47 Å². The molecule has 1 saturated heterocycles. The predicted octanol–water partition coefficient (Wildman–Crippen LogP) is 3.11. The van der Waals surface area contributed by atoms with Crippen molar-refractivity contribution in [1.29, 1.82) is 0 Å². The van der Waals surface area contributed by atoms with E-state index in [1.165, 1.54) is 44.9 Å². The molecule has 1 heterocycles. The Hall–Kier alpha value is -0.0800. The molecular formula is C13H22O2. The van der Waals surface area contributed by atoms with E-state index < -0.39 is 0 Å². The first-order valence-corrected chi connectivity index (χ1v) is 6.60. The molecule has 0 spiro atoms. The van der Waals surface area contributed by atoms with Crippen LogP contribution in [-0.4, -0.2) is 19.5 Å². The summed E-state index contributed by atoms with van der Waals surface area (Å²) in [7, 11) is 0. The van der Waals surface area contributed by atoms with E-state index in [1.807, 2.05) is 0 Å². The molecule has 2 nitrogen and oxygen atoms in total. The topological polar surface area (TPSA) is 18.5 Å². The van der Waals surface area contributed by atoms with Gasteiger partial charge >= 0.3 is 0 Å². The number of hydrogen-bond donors (Lipinski definition) is 0. The molecule has 2 heteroatoms. The summed E-state index contributed by atoms with van der Waals surface area (Å²) in [5.41, 5.74) is 0.561. The van der Waals surface area contributed by atoms with Crippen molar-refractivity contribution in [3.63, 3.8) is 0 Å². The molecule has 2 bridgehead atoms. The van der Waals surface area contributed by atoms with Crippen LogP contribution in [0, 0.1) is 11.3 Å². The van der Waals surface area contributed by atoms with Gasteiger partial charge in [-0.25, -0.2) is 0 Å². The summed E-state index contributed by atoms with van der Waals surface area (Å²) >= 11 is 0. The second-order valence-electron chi connectivity index (χ2n) is 5.75. The standard InChI is InChI=1S/C13H22O2/c1-2-8-14-12(3-1)15-10-13-6-4-11(9-13)5-7-13/h11-12H,1-10H2. The van der Waals surface area contributed by atoms with Crippen molar-refractivity contribution < 1.29 is 9.47 Å². The van der Waals surface area contributed by atoms with Crippen LogP contribution in [0.1, 0.15) is 51.4 Å². The number of fused-ring (bicyclic) bond motifs is 2. The second-order valence-corrected chi connectivity index (χ2v) is 5.75. The third kappa shape index (κ3) is 2.07. The van der Waals surface area contributed by atoms with E-state index in [0.29, 0.717) is 5.41 Å². The maximum Gasteiger partial charge on any atom is 0.157 e. The Morgan fingerprint density at radius 2 is 2.00 bits per heavy atom. The second kappa shape index (κ2) is 4.06. The predicted molar refractivity (Wildman–Crippen MR) is 58.6 cm³/mol. The van der Waals surface area contributed by atoms with Crippen molar-refractivity contribution in [2.75, 3.05) is 13.2 Å². The molecule has 1 aliphatic heterocycles. The molecule has 3 rings (SSSR count). The first kappa shape index (κ1) is 10.1. The minimum absolute atomic E-state index is 0.118. The minimum Gasteiger partial charge on any atom is -0.353 e. The van der Waals surface area contributed by atoms with Gasteiger partial charge in [-0.05, 0) is 62.7 Å². The Kier molecular flexibility index (Phi) is 2.73. The Morgan fingerprint density at radius 1 is 1.13 bits per heavy atom. The summed E-state index contributed by atoms with van der Waals surface area (Å²) < 4.78 is 11.6. The summed E-state index contributed by atoms with van der Waals surface area (Å²) in [5.74, 6) is 1.03. The van der Waals surface area contributed by atoms with Crippen molar-refractivity contribution in [1.82, 2.24) is 0 Å². The van der Waals surface area contributed by atoms with Gasteiger partial charge in [0, 0.05) is 6.61 Å². The van der Waals surface area contributed by atoms with E-state index in [0.717, 1.165) is 25.6 Å². The lowest BCUT2D eigenvalue weighted by atomic mass is 9.85. The van der Waals surface area contributed by atoms with Gasteiger partial charge in [0.15, 0.2) is 6.29 Å². The van der Waals surface area contributed by atoms with Crippen LogP contribution in [0.3, 0.4) is 0 Å². The number of ether oxygens (including phenoxy) is 2. The van der Waals surface area contributed by atoms with Crippen molar-refractivity contribution >= 4 is 0 Å². The van der Waals surface area contributed by atoms with E-state index in [4.69, 9.17) is 9.47 Å². The van der Waals surface area contributed by atoms with Gasteiger partial charge < -0.3 is 9.47 Å². The Bertz CT molecular complexity index is 213. The van der Waals surface area contributed by atoms with Crippen molar-refractivity contribution in [2.24, 2.45) is 11.3 Å². The van der Waals surface area contributed by atoms with E-state index >= 15 is 0 Å². The monoisotopic (exact) mass is 210 g/mol. The zero-order valence-electron chi connectivity index (χ0n) is 9.54. The van der Waals surface area contributed by atoms with Crippen molar-refractivity contribution in [3.8, 4) is 0 Å². The van der Waals surface area contributed by atoms with Crippen LogP contribution < -0.4 is 0 Å².